The van der Waals surface area contributed by atoms with E-state index in [9.17, 15) is 0 Å². The first-order valence-corrected chi connectivity index (χ1v) is 10.7. The molecule has 0 aliphatic carbocycles. The third-order valence-electron chi connectivity index (χ3n) is 3.46. The quantitative estimate of drug-likeness (QED) is 0.624. The highest BCUT2D eigenvalue weighted by Gasteiger charge is 2.31. The van der Waals surface area contributed by atoms with E-state index in [1.54, 1.807) is 0 Å². The van der Waals surface area contributed by atoms with Crippen molar-refractivity contribution in [3.8, 4) is 0 Å². The molecule has 0 rings (SSSR count). The van der Waals surface area contributed by atoms with Crippen LogP contribution in [0.3, 0.4) is 0 Å². The Labute approximate surface area is 104 Å². The molecule has 0 amide bonds. The van der Waals surface area contributed by atoms with Crippen LogP contribution in [0.1, 0.15) is 40.5 Å². The van der Waals surface area contributed by atoms with Gasteiger partial charge in [-0.05, 0) is 30.7 Å². The summed E-state index contributed by atoms with van der Waals surface area (Å²) in [6, 6.07) is 1.46. The van der Waals surface area contributed by atoms with Crippen molar-refractivity contribution in [3.05, 3.63) is 0 Å². The first-order chi connectivity index (χ1) is 7.24. The molecule has 0 aliphatic rings. The summed E-state index contributed by atoms with van der Waals surface area (Å²) in [5.74, 6) is 0.762. The second-order valence-corrected chi connectivity index (χ2v) is 12.4. The maximum atomic E-state index is 3.67. The lowest BCUT2D eigenvalue weighted by molar-refractivity contribution is 0.273. The molecule has 0 fully saturated rings. The Kier molecular flexibility index (Phi) is 6.88. The molecule has 98 valence electrons. The van der Waals surface area contributed by atoms with Gasteiger partial charge in [0.15, 0.2) is 0 Å². The van der Waals surface area contributed by atoms with E-state index in [2.05, 4.69) is 52.7 Å². The van der Waals surface area contributed by atoms with Gasteiger partial charge in [-0.25, -0.2) is 0 Å². The molecule has 0 aliphatic heterocycles. The zero-order valence-electron chi connectivity index (χ0n) is 12.6. The van der Waals surface area contributed by atoms with Crippen molar-refractivity contribution < 1.29 is 0 Å². The minimum Gasteiger partial charge on any atom is -0.316 e. The number of hydrogen-bond donors (Lipinski definition) is 1. The van der Waals surface area contributed by atoms with Gasteiger partial charge in [0.1, 0.15) is 0 Å². The fraction of sp³-hybridized carbons (Fsp3) is 1.00. The van der Waals surface area contributed by atoms with Crippen LogP contribution in [0.25, 0.3) is 0 Å². The van der Waals surface area contributed by atoms with Gasteiger partial charge in [0, 0.05) is 14.6 Å². The summed E-state index contributed by atoms with van der Waals surface area (Å²) in [5, 5.41) is 3.67. The molecule has 0 radical (unpaired) electrons. The molecule has 1 N–H and O–H groups in total. The van der Waals surface area contributed by atoms with Gasteiger partial charge in [-0.2, -0.15) is 0 Å². The van der Waals surface area contributed by atoms with Crippen LogP contribution in [-0.2, 0) is 0 Å². The Morgan fingerprint density at radius 2 is 1.56 bits per heavy atom. The zero-order chi connectivity index (χ0) is 12.8. The van der Waals surface area contributed by atoms with Crippen LogP contribution in [0.2, 0.25) is 25.7 Å². The Morgan fingerprint density at radius 1 is 1.06 bits per heavy atom. The summed E-state index contributed by atoms with van der Waals surface area (Å²) in [6.07, 6.45) is 2.64. The maximum Gasteiger partial charge on any atom is 0.0448 e. The highest BCUT2D eigenvalue weighted by Crippen LogP contribution is 2.35. The Balaban J connectivity index is 4.33. The van der Waals surface area contributed by atoms with Crippen molar-refractivity contribution in [2.75, 3.05) is 13.1 Å². The summed E-state index contributed by atoms with van der Waals surface area (Å²) < 4.78 is 0. The van der Waals surface area contributed by atoms with Gasteiger partial charge in [0.2, 0.25) is 0 Å². The summed E-state index contributed by atoms with van der Waals surface area (Å²) in [7, 11) is -0.952. The van der Waals surface area contributed by atoms with Gasteiger partial charge in [-0.3, -0.25) is 0 Å². The molecule has 0 saturated carbocycles. The van der Waals surface area contributed by atoms with Gasteiger partial charge in [-0.1, -0.05) is 53.4 Å². The molecule has 0 spiro atoms. The normalized spacial score (nSPS) is 13.5. The van der Waals surface area contributed by atoms with E-state index in [0.29, 0.717) is 5.41 Å². The lowest BCUT2D eigenvalue weighted by Crippen LogP contribution is -2.40. The highest BCUT2D eigenvalue weighted by molar-refractivity contribution is 6.76. The summed E-state index contributed by atoms with van der Waals surface area (Å²) in [4.78, 5) is 0. The number of hydrogen-bond acceptors (Lipinski definition) is 1. The van der Waals surface area contributed by atoms with E-state index >= 15 is 0 Å². The van der Waals surface area contributed by atoms with Crippen molar-refractivity contribution in [2.45, 2.75) is 66.2 Å². The minimum absolute atomic E-state index is 0.555. The average molecular weight is 244 g/mol. The third kappa shape index (κ3) is 6.69. The molecule has 0 heterocycles. The molecule has 0 bridgehead atoms. The van der Waals surface area contributed by atoms with Crippen molar-refractivity contribution in [2.24, 2.45) is 11.3 Å². The molecule has 1 nitrogen and oxygen atoms in total. The topological polar surface area (TPSA) is 12.0 Å². The smallest absolute Gasteiger partial charge is 0.0448 e. The van der Waals surface area contributed by atoms with E-state index in [1.165, 1.54) is 25.4 Å². The van der Waals surface area contributed by atoms with Crippen molar-refractivity contribution in [3.63, 3.8) is 0 Å². The van der Waals surface area contributed by atoms with Crippen LogP contribution in [0.5, 0.6) is 0 Å². The molecule has 0 aromatic rings. The van der Waals surface area contributed by atoms with E-state index in [0.717, 1.165) is 12.5 Å². The second-order valence-electron chi connectivity index (χ2n) is 6.97. The van der Waals surface area contributed by atoms with Crippen LogP contribution >= 0.6 is 0 Å². The molecule has 0 unspecified atom stereocenters. The first kappa shape index (κ1) is 16.2. The Morgan fingerprint density at radius 3 is 1.88 bits per heavy atom. The summed E-state index contributed by atoms with van der Waals surface area (Å²) in [6.45, 7) is 19.1. The predicted octanol–water partition coefficient (Wildman–Crippen LogP) is 4.38. The van der Waals surface area contributed by atoms with Gasteiger partial charge < -0.3 is 5.32 Å². The van der Waals surface area contributed by atoms with Crippen LogP contribution in [0.4, 0.5) is 0 Å². The minimum atomic E-state index is -0.952. The maximum absolute atomic E-state index is 3.67. The van der Waals surface area contributed by atoms with Gasteiger partial charge in [0.05, 0.1) is 0 Å². The second kappa shape index (κ2) is 6.80. The third-order valence-corrected chi connectivity index (χ3v) is 5.27. The van der Waals surface area contributed by atoms with E-state index in [4.69, 9.17) is 0 Å². The highest BCUT2D eigenvalue weighted by atomic mass is 28.3. The molecular formula is C14H33NSi. The van der Waals surface area contributed by atoms with Crippen molar-refractivity contribution >= 4 is 8.07 Å². The van der Waals surface area contributed by atoms with Gasteiger partial charge in [-0.15, -0.1) is 0 Å². The monoisotopic (exact) mass is 243 g/mol. The first-order valence-electron chi connectivity index (χ1n) is 6.95. The fourth-order valence-corrected chi connectivity index (χ4v) is 5.44. The van der Waals surface area contributed by atoms with E-state index in [1.807, 2.05) is 0 Å². The van der Waals surface area contributed by atoms with Crippen LogP contribution in [-0.4, -0.2) is 21.2 Å². The molecule has 16 heavy (non-hydrogen) atoms. The van der Waals surface area contributed by atoms with Crippen LogP contribution in [0, 0.1) is 11.3 Å². The fourth-order valence-electron chi connectivity index (χ4n) is 2.56. The van der Waals surface area contributed by atoms with E-state index in [-0.39, 0.29) is 0 Å². The predicted molar refractivity (Wildman–Crippen MR) is 78.9 cm³/mol. The summed E-state index contributed by atoms with van der Waals surface area (Å²) >= 11 is 0. The average Bonchev–Trinajstić information content (AvgIpc) is 2.13. The SMILES string of the molecule is CCC(CC)(CNCC(C)C)C[Si](C)(C)C. The van der Waals surface area contributed by atoms with E-state index < -0.39 is 8.07 Å². The molecule has 0 aromatic carbocycles. The molecular weight excluding hydrogens is 210 g/mol. The number of nitrogens with one attached hydrogen (secondary N) is 1. The summed E-state index contributed by atoms with van der Waals surface area (Å²) in [5.41, 5.74) is 0.555. The lowest BCUT2D eigenvalue weighted by Gasteiger charge is -2.37. The standard InChI is InChI=1S/C14H33NSi/c1-8-14(9-2,12-16(5,6)7)11-15-10-13(3)4/h13,15H,8-12H2,1-7H3. The Bertz CT molecular complexity index is 178. The van der Waals surface area contributed by atoms with Crippen molar-refractivity contribution in [1.29, 1.82) is 0 Å². The molecule has 0 atom stereocenters. The zero-order valence-corrected chi connectivity index (χ0v) is 13.6. The van der Waals surface area contributed by atoms with Crippen LogP contribution in [0.15, 0.2) is 0 Å². The largest absolute Gasteiger partial charge is 0.316 e. The Hall–Kier alpha value is 0.177. The lowest BCUT2D eigenvalue weighted by atomic mass is 9.84. The molecule has 2 heteroatoms. The molecule has 0 aromatic heterocycles. The van der Waals surface area contributed by atoms with Gasteiger partial charge in [0.25, 0.3) is 0 Å². The van der Waals surface area contributed by atoms with Crippen molar-refractivity contribution in [1.82, 2.24) is 5.32 Å². The molecule has 0 saturated heterocycles. The number of rotatable bonds is 8. The van der Waals surface area contributed by atoms with Crippen LogP contribution < -0.4 is 5.32 Å². The van der Waals surface area contributed by atoms with Gasteiger partial charge >= 0.3 is 0 Å².